The number of aromatic nitrogens is 4. The van der Waals surface area contributed by atoms with Gasteiger partial charge in [0.1, 0.15) is 12.5 Å². The Morgan fingerprint density at radius 1 is 0.481 bits per heavy atom. The van der Waals surface area contributed by atoms with Crippen LogP contribution < -0.4 is 9.80 Å². The van der Waals surface area contributed by atoms with Gasteiger partial charge in [0.25, 0.3) is 0 Å². The zero-order chi connectivity index (χ0) is 36.2. The average molecular weight is 699 g/mol. The largest absolute Gasteiger partial charge is 0.350 e. The van der Waals surface area contributed by atoms with Crippen LogP contribution in [0.4, 0.5) is 22.7 Å². The van der Waals surface area contributed by atoms with Crippen LogP contribution in [0.2, 0.25) is 0 Å². The molecule has 6 heteroatoms. The molecule has 9 aromatic rings. The number of pyridine rings is 1. The summed E-state index contributed by atoms with van der Waals surface area (Å²) in [5.41, 5.74) is 13.8. The third-order valence-electron chi connectivity index (χ3n) is 10.8. The highest BCUT2D eigenvalue weighted by Gasteiger charge is 2.29. The number of hydrogen-bond acceptors (Lipinski definition) is 3. The molecule has 0 radical (unpaired) electrons. The van der Waals surface area contributed by atoms with Crippen molar-refractivity contribution in [1.29, 1.82) is 0 Å². The first kappa shape index (κ1) is 31.7. The molecule has 0 aliphatic carbocycles. The fourth-order valence-corrected chi connectivity index (χ4v) is 8.24. The zero-order valence-corrected chi connectivity index (χ0v) is 30.2. The SMILES string of the molecule is Cn1cccc1C(=C(c1cccc(N2CN(c3ccccc3)c3ccccc32)c1)c1ccc2c3ccccc3n(-c3ccccn3)c2c1)c1cccn1C. The fourth-order valence-electron chi connectivity index (χ4n) is 8.24. The van der Waals surface area contributed by atoms with Gasteiger partial charge in [-0.15, -0.1) is 0 Å². The van der Waals surface area contributed by atoms with Crippen LogP contribution in [0.15, 0.2) is 182 Å². The number of para-hydroxylation sites is 4. The lowest BCUT2D eigenvalue weighted by Gasteiger charge is -2.24. The Kier molecular flexibility index (Phi) is 7.54. The van der Waals surface area contributed by atoms with E-state index >= 15 is 0 Å². The predicted molar refractivity (Wildman–Crippen MR) is 223 cm³/mol. The van der Waals surface area contributed by atoms with Crippen LogP contribution in [-0.2, 0) is 14.1 Å². The van der Waals surface area contributed by atoms with E-state index in [1.807, 2.05) is 12.3 Å². The van der Waals surface area contributed by atoms with Crippen molar-refractivity contribution in [3.8, 4) is 5.82 Å². The molecule has 0 amide bonds. The number of rotatable bonds is 7. The summed E-state index contributed by atoms with van der Waals surface area (Å²) >= 11 is 0. The number of hydrogen-bond donors (Lipinski definition) is 0. The van der Waals surface area contributed by atoms with E-state index in [-0.39, 0.29) is 0 Å². The highest BCUT2D eigenvalue weighted by atomic mass is 15.4. The summed E-state index contributed by atoms with van der Waals surface area (Å²) in [6.45, 7) is 0.713. The van der Waals surface area contributed by atoms with Crippen LogP contribution in [0, 0.1) is 0 Å². The van der Waals surface area contributed by atoms with Crippen LogP contribution in [0.3, 0.4) is 0 Å². The Labute approximate surface area is 314 Å². The molecule has 0 atom stereocenters. The molecule has 5 heterocycles. The van der Waals surface area contributed by atoms with E-state index < -0.39 is 0 Å². The molecule has 1 aliphatic heterocycles. The summed E-state index contributed by atoms with van der Waals surface area (Å²) in [6, 6.07) is 58.9. The van der Waals surface area contributed by atoms with Crippen LogP contribution in [0.5, 0.6) is 0 Å². The minimum atomic E-state index is 0.713. The molecule has 0 N–H and O–H groups in total. The molecule has 5 aromatic carbocycles. The molecule has 0 unspecified atom stereocenters. The van der Waals surface area contributed by atoms with E-state index in [2.05, 4.69) is 208 Å². The second kappa shape index (κ2) is 12.9. The average Bonchev–Trinajstić information content (AvgIpc) is 4.02. The first-order chi connectivity index (χ1) is 26.6. The van der Waals surface area contributed by atoms with Gasteiger partial charge < -0.3 is 18.9 Å². The number of aryl methyl sites for hydroxylation is 2. The van der Waals surface area contributed by atoms with Crippen molar-refractivity contribution in [2.75, 3.05) is 16.5 Å². The maximum Gasteiger partial charge on any atom is 0.137 e. The topological polar surface area (TPSA) is 34.2 Å². The molecular formula is C48H38N6. The first-order valence-corrected chi connectivity index (χ1v) is 18.4. The quantitative estimate of drug-likeness (QED) is 0.166. The Bertz CT molecular complexity index is 2800. The van der Waals surface area contributed by atoms with Gasteiger partial charge in [0.2, 0.25) is 0 Å². The van der Waals surface area contributed by atoms with E-state index in [4.69, 9.17) is 4.98 Å². The lowest BCUT2D eigenvalue weighted by atomic mass is 9.89. The van der Waals surface area contributed by atoms with Crippen molar-refractivity contribution < 1.29 is 0 Å². The van der Waals surface area contributed by atoms with Gasteiger partial charge in [-0.3, -0.25) is 4.57 Å². The van der Waals surface area contributed by atoms with Gasteiger partial charge in [0.15, 0.2) is 0 Å². The molecule has 0 saturated carbocycles. The summed E-state index contributed by atoms with van der Waals surface area (Å²) < 4.78 is 6.75. The van der Waals surface area contributed by atoms with Gasteiger partial charge >= 0.3 is 0 Å². The van der Waals surface area contributed by atoms with Crippen molar-refractivity contribution in [1.82, 2.24) is 18.7 Å². The Morgan fingerprint density at radius 2 is 1.11 bits per heavy atom. The summed E-state index contributed by atoms with van der Waals surface area (Å²) in [4.78, 5) is 9.65. The summed E-state index contributed by atoms with van der Waals surface area (Å²) in [5.74, 6) is 0.897. The second-order valence-electron chi connectivity index (χ2n) is 13.9. The predicted octanol–water partition coefficient (Wildman–Crippen LogP) is 11.1. The Hall–Kier alpha value is -7.05. The van der Waals surface area contributed by atoms with Gasteiger partial charge in [-0.1, -0.05) is 78.9 Å². The number of benzene rings is 5. The van der Waals surface area contributed by atoms with Crippen LogP contribution in [0.25, 0.3) is 38.8 Å². The van der Waals surface area contributed by atoms with Gasteiger partial charge in [-0.05, 0) is 96.1 Å². The summed E-state index contributed by atoms with van der Waals surface area (Å²) in [6.07, 6.45) is 6.14. The Morgan fingerprint density at radius 3 is 1.81 bits per heavy atom. The van der Waals surface area contributed by atoms with E-state index in [0.717, 1.165) is 50.6 Å². The lowest BCUT2D eigenvalue weighted by molar-refractivity contribution is 0.884. The molecule has 0 spiro atoms. The normalized spacial score (nSPS) is 12.5. The van der Waals surface area contributed by atoms with E-state index in [1.54, 1.807) is 0 Å². The highest BCUT2D eigenvalue weighted by molar-refractivity contribution is 6.11. The summed E-state index contributed by atoms with van der Waals surface area (Å²) in [7, 11) is 4.27. The first-order valence-electron chi connectivity index (χ1n) is 18.4. The molecule has 0 bridgehead atoms. The molecular weight excluding hydrogens is 661 g/mol. The Balaban J connectivity index is 1.23. The van der Waals surface area contributed by atoms with Gasteiger partial charge in [-0.2, -0.15) is 0 Å². The van der Waals surface area contributed by atoms with E-state index in [1.165, 1.54) is 33.4 Å². The standard InChI is InChI=1S/C48H38N6/c1-50-29-13-23-43(50)48(44-24-14-30-51(44)2)47(35-26-27-39-38-19-6-7-20-40(38)54(45(39)32-35)46-25-10-11-28-49-46)34-15-12-18-37(31-34)53-33-52(36-16-4-3-5-17-36)41-21-8-9-22-42(41)53/h3-32H,33H2,1-2H3. The molecule has 0 fully saturated rings. The molecule has 4 aromatic heterocycles. The third-order valence-corrected chi connectivity index (χ3v) is 10.8. The minimum Gasteiger partial charge on any atom is -0.350 e. The van der Waals surface area contributed by atoms with E-state index in [0.29, 0.717) is 6.67 Å². The zero-order valence-electron chi connectivity index (χ0n) is 30.2. The van der Waals surface area contributed by atoms with Gasteiger partial charge in [0, 0.05) is 66.0 Å². The third kappa shape index (κ3) is 5.14. The van der Waals surface area contributed by atoms with Crippen molar-refractivity contribution in [3.63, 3.8) is 0 Å². The molecule has 260 valence electrons. The van der Waals surface area contributed by atoms with Crippen LogP contribution >= 0.6 is 0 Å². The molecule has 10 rings (SSSR count). The van der Waals surface area contributed by atoms with E-state index in [9.17, 15) is 0 Å². The maximum absolute atomic E-state index is 4.83. The lowest BCUT2D eigenvalue weighted by Crippen LogP contribution is -2.23. The van der Waals surface area contributed by atoms with Gasteiger partial charge in [0.05, 0.1) is 33.8 Å². The fraction of sp³-hybridized carbons (Fsp3) is 0.0625. The smallest absolute Gasteiger partial charge is 0.137 e. The second-order valence-corrected chi connectivity index (χ2v) is 13.9. The molecule has 6 nitrogen and oxygen atoms in total. The van der Waals surface area contributed by atoms with Crippen LogP contribution in [0.1, 0.15) is 22.5 Å². The minimum absolute atomic E-state index is 0.713. The number of anilines is 4. The molecule has 54 heavy (non-hydrogen) atoms. The number of nitrogens with zero attached hydrogens (tertiary/aromatic N) is 6. The van der Waals surface area contributed by atoms with Crippen LogP contribution in [-0.4, -0.2) is 25.4 Å². The van der Waals surface area contributed by atoms with Crippen molar-refractivity contribution in [2.45, 2.75) is 0 Å². The highest BCUT2D eigenvalue weighted by Crippen LogP contribution is 2.46. The molecule has 0 saturated heterocycles. The van der Waals surface area contributed by atoms with Gasteiger partial charge in [-0.25, -0.2) is 4.98 Å². The summed E-state index contributed by atoms with van der Waals surface area (Å²) in [5, 5.41) is 2.40. The number of fused-ring (bicyclic) bond motifs is 4. The van der Waals surface area contributed by atoms with Crippen molar-refractivity contribution in [2.24, 2.45) is 14.1 Å². The van der Waals surface area contributed by atoms with Crippen molar-refractivity contribution >= 4 is 55.7 Å². The molecule has 1 aliphatic rings. The monoisotopic (exact) mass is 698 g/mol. The maximum atomic E-state index is 4.83. The van der Waals surface area contributed by atoms with Crippen molar-refractivity contribution in [3.05, 3.63) is 205 Å².